The molecule has 0 saturated heterocycles. The molecule has 0 atom stereocenters. The van der Waals surface area contributed by atoms with E-state index in [-0.39, 0.29) is 5.54 Å². The van der Waals surface area contributed by atoms with E-state index in [0.29, 0.717) is 0 Å². The molecule has 2 N–H and O–H groups in total. The van der Waals surface area contributed by atoms with Crippen LogP contribution in [0.1, 0.15) is 39.9 Å². The first-order valence-electron chi connectivity index (χ1n) is 5.84. The number of nitrogens with zero attached hydrogens (tertiary/aromatic N) is 2. The molecule has 0 fully saturated rings. The first-order valence-corrected chi connectivity index (χ1v) is 5.84. The zero-order valence-electron chi connectivity index (χ0n) is 10.9. The summed E-state index contributed by atoms with van der Waals surface area (Å²) in [6.45, 7) is 11.3. The lowest BCUT2D eigenvalue weighted by atomic mass is 10.0. The first kappa shape index (κ1) is 12.7. The van der Waals surface area contributed by atoms with Crippen LogP contribution in [-0.2, 0) is 0 Å². The van der Waals surface area contributed by atoms with Crippen LogP contribution in [0.15, 0.2) is 6.07 Å². The molecule has 0 unspecified atom stereocenters. The number of aromatic nitrogens is 2. The highest BCUT2D eigenvalue weighted by molar-refractivity contribution is 5.48. The van der Waals surface area contributed by atoms with Gasteiger partial charge in [0.25, 0.3) is 0 Å². The highest BCUT2D eigenvalue weighted by atomic mass is 15.1. The summed E-state index contributed by atoms with van der Waals surface area (Å²) in [6, 6.07) is 1.95. The van der Waals surface area contributed by atoms with Crippen molar-refractivity contribution in [1.82, 2.24) is 9.97 Å². The molecule has 1 rings (SSSR count). The fourth-order valence-corrected chi connectivity index (χ4v) is 1.34. The first-order chi connectivity index (χ1) is 7.46. The summed E-state index contributed by atoms with van der Waals surface area (Å²) in [6.07, 6.45) is 1.05. The number of nitrogens with one attached hydrogen (secondary N) is 2. The molecule has 0 aromatic carbocycles. The average Bonchev–Trinajstić information content (AvgIpc) is 2.16. The number of hydrogen-bond acceptors (Lipinski definition) is 4. The Morgan fingerprint density at radius 1 is 1.19 bits per heavy atom. The second kappa shape index (κ2) is 5.14. The maximum Gasteiger partial charge on any atom is 0.132 e. The smallest absolute Gasteiger partial charge is 0.132 e. The highest BCUT2D eigenvalue weighted by Crippen LogP contribution is 2.18. The van der Waals surface area contributed by atoms with Gasteiger partial charge in [0.05, 0.1) is 0 Å². The second-order valence-electron chi connectivity index (χ2n) is 4.58. The van der Waals surface area contributed by atoms with Crippen molar-refractivity contribution in [1.29, 1.82) is 0 Å². The molecule has 0 saturated carbocycles. The second-order valence-corrected chi connectivity index (χ2v) is 4.58. The van der Waals surface area contributed by atoms with Crippen molar-refractivity contribution in [2.45, 2.75) is 46.6 Å². The maximum absolute atomic E-state index is 4.39. The molecule has 1 heterocycles. The van der Waals surface area contributed by atoms with Gasteiger partial charge in [-0.1, -0.05) is 6.92 Å². The van der Waals surface area contributed by atoms with Crippen LogP contribution >= 0.6 is 0 Å². The summed E-state index contributed by atoms with van der Waals surface area (Å²) < 4.78 is 0. The van der Waals surface area contributed by atoms with Gasteiger partial charge in [0.15, 0.2) is 0 Å². The highest BCUT2D eigenvalue weighted by Gasteiger charge is 2.15. The molecule has 0 aliphatic rings. The molecule has 0 spiro atoms. The largest absolute Gasteiger partial charge is 0.370 e. The SMILES string of the molecule is CCNc1cc(NC(C)(C)CC)nc(C)n1. The van der Waals surface area contributed by atoms with Crippen LogP contribution in [0.3, 0.4) is 0 Å². The molecule has 4 nitrogen and oxygen atoms in total. The van der Waals surface area contributed by atoms with Crippen molar-refractivity contribution >= 4 is 11.6 Å². The van der Waals surface area contributed by atoms with Gasteiger partial charge in [0.1, 0.15) is 17.5 Å². The van der Waals surface area contributed by atoms with E-state index < -0.39 is 0 Å². The van der Waals surface area contributed by atoms with Gasteiger partial charge in [-0.3, -0.25) is 0 Å². The molecule has 0 amide bonds. The molecule has 1 aromatic rings. The van der Waals surface area contributed by atoms with Gasteiger partial charge < -0.3 is 10.6 Å². The van der Waals surface area contributed by atoms with Crippen molar-refractivity contribution in [3.05, 3.63) is 11.9 Å². The Labute approximate surface area is 97.9 Å². The minimum Gasteiger partial charge on any atom is -0.370 e. The fraction of sp³-hybridized carbons (Fsp3) is 0.667. The van der Waals surface area contributed by atoms with Gasteiger partial charge in [0, 0.05) is 18.2 Å². The third kappa shape index (κ3) is 3.68. The minimum atomic E-state index is 0.0598. The van der Waals surface area contributed by atoms with E-state index in [1.807, 2.05) is 13.0 Å². The van der Waals surface area contributed by atoms with Crippen LogP contribution in [-0.4, -0.2) is 22.1 Å². The predicted octanol–water partition coefficient (Wildman–Crippen LogP) is 2.82. The quantitative estimate of drug-likeness (QED) is 0.804. The van der Waals surface area contributed by atoms with Crippen LogP contribution in [0.25, 0.3) is 0 Å². The molecule has 0 aliphatic carbocycles. The molecule has 0 radical (unpaired) electrons. The maximum atomic E-state index is 4.39. The molecule has 0 aliphatic heterocycles. The Kier molecular flexibility index (Phi) is 4.10. The standard InChI is InChI=1S/C12H22N4/c1-6-12(4,5)16-11-8-10(13-7-2)14-9(3)15-11/h8H,6-7H2,1-5H3,(H2,13,14,15,16). The van der Waals surface area contributed by atoms with Crippen molar-refractivity contribution in [2.75, 3.05) is 17.2 Å². The molecule has 16 heavy (non-hydrogen) atoms. The third-order valence-electron chi connectivity index (χ3n) is 2.55. The van der Waals surface area contributed by atoms with Crippen LogP contribution in [0.5, 0.6) is 0 Å². The zero-order valence-corrected chi connectivity index (χ0v) is 10.9. The average molecular weight is 222 g/mol. The molecular formula is C12H22N4. The van der Waals surface area contributed by atoms with Crippen LogP contribution in [0.2, 0.25) is 0 Å². The number of anilines is 2. The van der Waals surface area contributed by atoms with E-state index in [2.05, 4.69) is 48.3 Å². The van der Waals surface area contributed by atoms with E-state index in [1.165, 1.54) is 0 Å². The van der Waals surface area contributed by atoms with E-state index in [0.717, 1.165) is 30.4 Å². The summed E-state index contributed by atoms with van der Waals surface area (Å²) in [4.78, 5) is 8.70. The van der Waals surface area contributed by atoms with E-state index in [1.54, 1.807) is 0 Å². The Bertz CT molecular complexity index is 347. The topological polar surface area (TPSA) is 49.8 Å². The fourth-order valence-electron chi connectivity index (χ4n) is 1.34. The van der Waals surface area contributed by atoms with E-state index in [4.69, 9.17) is 0 Å². The van der Waals surface area contributed by atoms with Crippen molar-refractivity contribution in [3.8, 4) is 0 Å². The normalized spacial score (nSPS) is 11.3. The lowest BCUT2D eigenvalue weighted by Crippen LogP contribution is -2.30. The van der Waals surface area contributed by atoms with Crippen LogP contribution in [0.4, 0.5) is 11.6 Å². The van der Waals surface area contributed by atoms with Gasteiger partial charge in [-0.05, 0) is 34.1 Å². The molecule has 4 heteroatoms. The zero-order chi connectivity index (χ0) is 12.2. The lowest BCUT2D eigenvalue weighted by Gasteiger charge is -2.25. The Hall–Kier alpha value is -1.32. The monoisotopic (exact) mass is 222 g/mol. The Balaban J connectivity index is 2.87. The summed E-state index contributed by atoms with van der Waals surface area (Å²) in [7, 11) is 0. The van der Waals surface area contributed by atoms with Gasteiger partial charge >= 0.3 is 0 Å². The van der Waals surface area contributed by atoms with Gasteiger partial charge in [-0.25, -0.2) is 9.97 Å². The van der Waals surface area contributed by atoms with Gasteiger partial charge in [-0.2, -0.15) is 0 Å². The molecule has 1 aromatic heterocycles. The summed E-state index contributed by atoms with van der Waals surface area (Å²) in [5, 5.41) is 6.62. The van der Waals surface area contributed by atoms with Gasteiger partial charge in [0.2, 0.25) is 0 Å². The Morgan fingerprint density at radius 3 is 2.38 bits per heavy atom. The molecular weight excluding hydrogens is 200 g/mol. The summed E-state index contributed by atoms with van der Waals surface area (Å²) >= 11 is 0. The Morgan fingerprint density at radius 2 is 1.81 bits per heavy atom. The number of aryl methyl sites for hydroxylation is 1. The van der Waals surface area contributed by atoms with Crippen molar-refractivity contribution < 1.29 is 0 Å². The van der Waals surface area contributed by atoms with E-state index >= 15 is 0 Å². The molecule has 90 valence electrons. The third-order valence-corrected chi connectivity index (χ3v) is 2.55. The van der Waals surface area contributed by atoms with E-state index in [9.17, 15) is 0 Å². The predicted molar refractivity (Wildman–Crippen MR) is 68.9 cm³/mol. The number of rotatable bonds is 5. The van der Waals surface area contributed by atoms with Crippen LogP contribution < -0.4 is 10.6 Å². The minimum absolute atomic E-state index is 0.0598. The van der Waals surface area contributed by atoms with Crippen molar-refractivity contribution in [3.63, 3.8) is 0 Å². The summed E-state index contributed by atoms with van der Waals surface area (Å²) in [5.74, 6) is 2.55. The lowest BCUT2D eigenvalue weighted by molar-refractivity contribution is 0.544. The van der Waals surface area contributed by atoms with Gasteiger partial charge in [-0.15, -0.1) is 0 Å². The van der Waals surface area contributed by atoms with Crippen LogP contribution in [0, 0.1) is 6.92 Å². The van der Waals surface area contributed by atoms with Crippen molar-refractivity contribution in [2.24, 2.45) is 0 Å². The number of hydrogen-bond donors (Lipinski definition) is 2. The molecule has 0 bridgehead atoms. The summed E-state index contributed by atoms with van der Waals surface area (Å²) in [5.41, 5.74) is 0.0598.